The molecule has 1 aromatic rings. The van der Waals surface area contributed by atoms with Crippen molar-refractivity contribution < 1.29 is 19.2 Å². The highest BCUT2D eigenvalue weighted by Gasteiger charge is 2.38. The van der Waals surface area contributed by atoms with Crippen LogP contribution < -0.4 is 4.90 Å². The maximum absolute atomic E-state index is 11.6. The molecule has 88 valence electrons. The van der Waals surface area contributed by atoms with Gasteiger partial charge in [-0.1, -0.05) is 5.16 Å². The zero-order chi connectivity index (χ0) is 12.6. The molecule has 2 rings (SSSR count). The van der Waals surface area contributed by atoms with E-state index in [4.69, 9.17) is 14.9 Å². The van der Waals surface area contributed by atoms with E-state index >= 15 is 0 Å². The molecule has 1 amide bonds. The van der Waals surface area contributed by atoms with Crippen LogP contribution in [-0.2, 0) is 9.59 Å². The number of hydrogen-bond acceptors (Lipinski definition) is 5. The molecule has 1 aromatic heterocycles. The van der Waals surface area contributed by atoms with Crippen molar-refractivity contribution in [1.29, 1.82) is 5.26 Å². The van der Waals surface area contributed by atoms with Crippen molar-refractivity contribution in [3.05, 3.63) is 11.3 Å². The van der Waals surface area contributed by atoms with E-state index in [9.17, 15) is 9.59 Å². The van der Waals surface area contributed by atoms with Gasteiger partial charge in [0.05, 0.1) is 5.92 Å². The second-order valence-electron chi connectivity index (χ2n) is 3.80. The first-order valence-corrected chi connectivity index (χ1v) is 4.94. The first-order valence-electron chi connectivity index (χ1n) is 4.94. The third-order valence-electron chi connectivity index (χ3n) is 2.68. The number of carboxylic acids is 1. The number of aromatic nitrogens is 1. The third-order valence-corrected chi connectivity index (χ3v) is 2.68. The Labute approximate surface area is 96.2 Å². The number of aliphatic carboxylic acids is 1. The molecule has 1 saturated heterocycles. The van der Waals surface area contributed by atoms with E-state index in [1.165, 1.54) is 0 Å². The Bertz CT molecular complexity index is 528. The van der Waals surface area contributed by atoms with Crippen molar-refractivity contribution in [2.24, 2.45) is 5.92 Å². The summed E-state index contributed by atoms with van der Waals surface area (Å²) in [6.45, 7) is 1.60. The normalized spacial score (nSPS) is 19.4. The van der Waals surface area contributed by atoms with E-state index in [1.807, 2.05) is 6.07 Å². The molecule has 7 nitrogen and oxygen atoms in total. The highest BCUT2D eigenvalue weighted by atomic mass is 16.5. The standard InChI is InChI=1S/C10H9N3O4/c1-5-7(3-11)9(17-12-5)13-4-6(10(15)16)2-8(13)14/h6H,2,4H2,1H3,(H,15,16). The van der Waals surface area contributed by atoms with Gasteiger partial charge in [-0.25, -0.2) is 0 Å². The largest absolute Gasteiger partial charge is 0.481 e. The van der Waals surface area contributed by atoms with Gasteiger partial charge in [0.15, 0.2) is 0 Å². The molecule has 1 N–H and O–H groups in total. The highest BCUT2D eigenvalue weighted by molar-refractivity contribution is 5.99. The Balaban J connectivity index is 2.33. The van der Waals surface area contributed by atoms with Crippen LogP contribution in [0.2, 0.25) is 0 Å². The molecule has 2 heterocycles. The molecule has 1 aliphatic rings. The van der Waals surface area contributed by atoms with Crippen molar-refractivity contribution in [1.82, 2.24) is 5.16 Å². The molecule has 7 heteroatoms. The summed E-state index contributed by atoms with van der Waals surface area (Å²) in [6.07, 6.45) is -0.0834. The lowest BCUT2D eigenvalue weighted by molar-refractivity contribution is -0.141. The van der Waals surface area contributed by atoms with Crippen LogP contribution in [0.4, 0.5) is 5.88 Å². The van der Waals surface area contributed by atoms with E-state index in [0.717, 1.165) is 4.90 Å². The van der Waals surface area contributed by atoms with Crippen molar-refractivity contribution >= 4 is 17.8 Å². The Morgan fingerprint density at radius 2 is 2.41 bits per heavy atom. The van der Waals surface area contributed by atoms with Gasteiger partial charge in [0.2, 0.25) is 5.91 Å². The smallest absolute Gasteiger partial charge is 0.308 e. The predicted octanol–water partition coefficient (Wildman–Crippen LogP) is 0.292. The summed E-state index contributed by atoms with van der Waals surface area (Å²) in [5, 5.41) is 21.3. The molecule has 17 heavy (non-hydrogen) atoms. The number of nitriles is 1. The maximum Gasteiger partial charge on any atom is 0.308 e. The quantitative estimate of drug-likeness (QED) is 0.789. The number of amides is 1. The van der Waals surface area contributed by atoms with Crippen molar-refractivity contribution in [2.45, 2.75) is 13.3 Å². The van der Waals surface area contributed by atoms with Crippen molar-refractivity contribution in [2.75, 3.05) is 11.4 Å². The summed E-state index contributed by atoms with van der Waals surface area (Å²) in [5.74, 6) is -2.13. The number of carboxylic acid groups (broad SMARTS) is 1. The minimum absolute atomic E-state index is 0.0114. The van der Waals surface area contributed by atoms with Crippen LogP contribution in [-0.4, -0.2) is 28.7 Å². The van der Waals surface area contributed by atoms with Crippen LogP contribution in [0.1, 0.15) is 17.7 Å². The topological polar surface area (TPSA) is 107 Å². The molecule has 0 saturated carbocycles. The molecule has 0 aromatic carbocycles. The van der Waals surface area contributed by atoms with Crippen LogP contribution in [0.5, 0.6) is 0 Å². The number of aryl methyl sites for hydroxylation is 1. The van der Waals surface area contributed by atoms with E-state index in [1.54, 1.807) is 6.92 Å². The van der Waals surface area contributed by atoms with Crippen molar-refractivity contribution in [3.8, 4) is 6.07 Å². The van der Waals surface area contributed by atoms with Gasteiger partial charge in [-0.2, -0.15) is 5.26 Å². The summed E-state index contributed by atoms with van der Waals surface area (Å²) in [4.78, 5) is 23.6. The Morgan fingerprint density at radius 1 is 1.71 bits per heavy atom. The molecule has 1 fully saturated rings. The zero-order valence-electron chi connectivity index (χ0n) is 9.01. The average molecular weight is 235 g/mol. The van der Waals surface area contributed by atoms with Crippen LogP contribution in [0.3, 0.4) is 0 Å². The van der Waals surface area contributed by atoms with Gasteiger partial charge in [-0.15, -0.1) is 0 Å². The monoisotopic (exact) mass is 235 g/mol. The second-order valence-corrected chi connectivity index (χ2v) is 3.80. The molecule has 0 bridgehead atoms. The van der Waals surface area contributed by atoms with E-state index in [2.05, 4.69) is 5.16 Å². The van der Waals surface area contributed by atoms with E-state index in [-0.39, 0.29) is 30.3 Å². The lowest BCUT2D eigenvalue weighted by atomic mass is 10.1. The molecule has 0 aliphatic carbocycles. The molecular formula is C10H9N3O4. The molecule has 1 unspecified atom stereocenters. The van der Waals surface area contributed by atoms with Crippen LogP contribution in [0, 0.1) is 24.2 Å². The zero-order valence-corrected chi connectivity index (χ0v) is 9.01. The number of carbonyl (C=O) groups excluding carboxylic acids is 1. The summed E-state index contributed by atoms with van der Waals surface area (Å²) in [7, 11) is 0. The van der Waals surface area contributed by atoms with Gasteiger partial charge in [-0.05, 0) is 6.92 Å². The molecule has 1 aliphatic heterocycles. The maximum atomic E-state index is 11.6. The summed E-state index contributed by atoms with van der Waals surface area (Å²) < 4.78 is 4.91. The van der Waals surface area contributed by atoms with Gasteiger partial charge in [-0.3, -0.25) is 14.5 Å². The summed E-state index contributed by atoms with van der Waals surface area (Å²) in [5.41, 5.74) is 0.554. The first-order chi connectivity index (χ1) is 8.04. The van der Waals surface area contributed by atoms with Gasteiger partial charge >= 0.3 is 5.97 Å². The van der Waals surface area contributed by atoms with Crippen LogP contribution in [0.25, 0.3) is 0 Å². The Hall–Kier alpha value is -2.36. The molecule has 1 atom stereocenters. The Kier molecular flexibility index (Phi) is 2.55. The lowest BCUT2D eigenvalue weighted by Crippen LogP contribution is -2.26. The molecule has 0 radical (unpaired) electrons. The fraction of sp³-hybridized carbons (Fsp3) is 0.400. The SMILES string of the molecule is Cc1noc(N2CC(C(=O)O)CC2=O)c1C#N. The third kappa shape index (κ3) is 1.73. The molecular weight excluding hydrogens is 226 g/mol. The Morgan fingerprint density at radius 3 is 2.94 bits per heavy atom. The van der Waals surface area contributed by atoms with Crippen LogP contribution in [0.15, 0.2) is 4.52 Å². The van der Waals surface area contributed by atoms with Crippen LogP contribution >= 0.6 is 0 Å². The lowest BCUT2D eigenvalue weighted by Gasteiger charge is -2.11. The molecule has 0 spiro atoms. The van der Waals surface area contributed by atoms with Gasteiger partial charge in [0.1, 0.15) is 17.3 Å². The number of hydrogen-bond donors (Lipinski definition) is 1. The summed E-state index contributed by atoms with van der Waals surface area (Å²) >= 11 is 0. The number of nitrogens with zero attached hydrogens (tertiary/aromatic N) is 3. The minimum atomic E-state index is -1.03. The minimum Gasteiger partial charge on any atom is -0.481 e. The fourth-order valence-electron chi connectivity index (χ4n) is 1.74. The van der Waals surface area contributed by atoms with Crippen molar-refractivity contribution in [3.63, 3.8) is 0 Å². The first kappa shape index (κ1) is 11.1. The predicted molar refractivity (Wildman–Crippen MR) is 54.1 cm³/mol. The fourth-order valence-corrected chi connectivity index (χ4v) is 1.74. The number of anilines is 1. The summed E-state index contributed by atoms with van der Waals surface area (Å²) in [6, 6.07) is 1.89. The van der Waals surface area contributed by atoms with E-state index in [0.29, 0.717) is 5.69 Å². The number of rotatable bonds is 2. The number of carbonyl (C=O) groups is 2. The van der Waals surface area contributed by atoms with Gasteiger partial charge < -0.3 is 9.63 Å². The van der Waals surface area contributed by atoms with Gasteiger partial charge in [0.25, 0.3) is 5.88 Å². The second kappa shape index (κ2) is 3.90. The highest BCUT2D eigenvalue weighted by Crippen LogP contribution is 2.29. The average Bonchev–Trinajstić information content (AvgIpc) is 2.81. The van der Waals surface area contributed by atoms with E-state index < -0.39 is 11.9 Å². The van der Waals surface area contributed by atoms with Gasteiger partial charge in [0, 0.05) is 13.0 Å².